The molecule has 0 saturated heterocycles. The molecule has 0 aliphatic carbocycles. The Kier molecular flexibility index (Phi) is 6.11. The Labute approximate surface area is 152 Å². The molecular weight excluding hydrogens is 330 g/mol. The van der Waals surface area contributed by atoms with Crippen LogP contribution in [0.25, 0.3) is 0 Å². The molecule has 0 spiro atoms. The van der Waals surface area contributed by atoms with Crippen molar-refractivity contribution in [2.24, 2.45) is 11.7 Å². The molecule has 3 amide bonds. The van der Waals surface area contributed by atoms with Crippen molar-refractivity contribution in [3.8, 4) is 0 Å². The van der Waals surface area contributed by atoms with E-state index >= 15 is 0 Å². The minimum Gasteiger partial charge on any atom is -0.366 e. The average molecular weight is 353 g/mol. The molecule has 1 atom stereocenters. The lowest BCUT2D eigenvalue weighted by atomic mass is 10.0. The van der Waals surface area contributed by atoms with Gasteiger partial charge in [0, 0.05) is 16.8 Å². The SMILES string of the molecule is Cc1ccc(C(=O)NC(C(=O)Nc2ccc(C(N)=O)cc2)C(C)C)cc1. The van der Waals surface area contributed by atoms with E-state index in [2.05, 4.69) is 10.6 Å². The normalized spacial score (nSPS) is 11.7. The Morgan fingerprint density at radius 2 is 1.42 bits per heavy atom. The number of aryl methyl sites for hydroxylation is 1. The van der Waals surface area contributed by atoms with Crippen molar-refractivity contribution in [3.05, 3.63) is 65.2 Å². The van der Waals surface area contributed by atoms with Gasteiger partial charge >= 0.3 is 0 Å². The summed E-state index contributed by atoms with van der Waals surface area (Å²) in [4.78, 5) is 36.1. The van der Waals surface area contributed by atoms with E-state index < -0.39 is 11.9 Å². The van der Waals surface area contributed by atoms with Crippen molar-refractivity contribution in [2.45, 2.75) is 26.8 Å². The smallest absolute Gasteiger partial charge is 0.251 e. The molecule has 4 N–H and O–H groups in total. The first-order chi connectivity index (χ1) is 12.3. The lowest BCUT2D eigenvalue weighted by Gasteiger charge is -2.22. The van der Waals surface area contributed by atoms with E-state index in [1.807, 2.05) is 32.9 Å². The Morgan fingerprint density at radius 1 is 0.885 bits per heavy atom. The lowest BCUT2D eigenvalue weighted by Crippen LogP contribution is -2.47. The van der Waals surface area contributed by atoms with Gasteiger partial charge in [-0.2, -0.15) is 0 Å². The Balaban J connectivity index is 2.08. The highest BCUT2D eigenvalue weighted by Gasteiger charge is 2.24. The molecule has 0 aromatic heterocycles. The first-order valence-corrected chi connectivity index (χ1v) is 8.36. The first-order valence-electron chi connectivity index (χ1n) is 8.36. The summed E-state index contributed by atoms with van der Waals surface area (Å²) in [7, 11) is 0. The van der Waals surface area contributed by atoms with Crippen LogP contribution in [0.4, 0.5) is 5.69 Å². The Bertz CT molecular complexity index is 796. The van der Waals surface area contributed by atoms with Gasteiger partial charge in [0.25, 0.3) is 5.91 Å². The van der Waals surface area contributed by atoms with E-state index in [1.165, 1.54) is 12.1 Å². The van der Waals surface area contributed by atoms with E-state index in [4.69, 9.17) is 5.73 Å². The predicted molar refractivity (Wildman–Crippen MR) is 101 cm³/mol. The van der Waals surface area contributed by atoms with Crippen molar-refractivity contribution in [2.75, 3.05) is 5.32 Å². The molecule has 0 radical (unpaired) electrons. The monoisotopic (exact) mass is 353 g/mol. The topological polar surface area (TPSA) is 101 Å². The fourth-order valence-electron chi connectivity index (χ4n) is 2.40. The van der Waals surface area contributed by atoms with Gasteiger partial charge in [0.15, 0.2) is 0 Å². The molecule has 0 heterocycles. The minimum atomic E-state index is -0.695. The highest BCUT2D eigenvalue weighted by molar-refractivity contribution is 6.01. The number of nitrogens with two attached hydrogens (primary N) is 1. The summed E-state index contributed by atoms with van der Waals surface area (Å²) >= 11 is 0. The number of rotatable bonds is 6. The van der Waals surface area contributed by atoms with Crippen LogP contribution in [0.5, 0.6) is 0 Å². The number of carbonyl (C=O) groups is 3. The van der Waals surface area contributed by atoms with Gasteiger partial charge in [-0.15, -0.1) is 0 Å². The number of anilines is 1. The maximum Gasteiger partial charge on any atom is 0.251 e. The molecule has 136 valence electrons. The Hall–Kier alpha value is -3.15. The van der Waals surface area contributed by atoms with Crippen molar-refractivity contribution in [1.29, 1.82) is 0 Å². The number of benzene rings is 2. The van der Waals surface area contributed by atoms with Gasteiger partial charge in [-0.3, -0.25) is 14.4 Å². The maximum absolute atomic E-state index is 12.6. The third-order valence-electron chi connectivity index (χ3n) is 3.99. The van der Waals surface area contributed by atoms with Crippen molar-refractivity contribution in [3.63, 3.8) is 0 Å². The summed E-state index contributed by atoms with van der Waals surface area (Å²) in [5, 5.41) is 5.53. The molecule has 1 unspecified atom stereocenters. The molecule has 26 heavy (non-hydrogen) atoms. The molecular formula is C20H23N3O3. The van der Waals surface area contributed by atoms with Crippen LogP contribution in [0.1, 0.15) is 40.1 Å². The van der Waals surface area contributed by atoms with Crippen LogP contribution < -0.4 is 16.4 Å². The van der Waals surface area contributed by atoms with E-state index in [-0.39, 0.29) is 17.7 Å². The highest BCUT2D eigenvalue weighted by atomic mass is 16.2. The summed E-state index contributed by atoms with van der Waals surface area (Å²) in [6.07, 6.45) is 0. The lowest BCUT2D eigenvalue weighted by molar-refractivity contribution is -0.118. The highest BCUT2D eigenvalue weighted by Crippen LogP contribution is 2.12. The predicted octanol–water partition coefficient (Wildman–Crippen LogP) is 2.49. The average Bonchev–Trinajstić information content (AvgIpc) is 2.60. The van der Waals surface area contributed by atoms with Crippen LogP contribution in [0, 0.1) is 12.8 Å². The summed E-state index contributed by atoms with van der Waals surface area (Å²) in [5.74, 6) is -1.27. The molecule has 0 aliphatic heterocycles. The molecule has 0 saturated carbocycles. The van der Waals surface area contributed by atoms with Crippen LogP contribution in [-0.2, 0) is 4.79 Å². The number of amides is 3. The third kappa shape index (κ3) is 4.92. The molecule has 6 heteroatoms. The number of carbonyl (C=O) groups excluding carboxylic acids is 3. The van der Waals surface area contributed by atoms with Crippen LogP contribution in [0.15, 0.2) is 48.5 Å². The Morgan fingerprint density at radius 3 is 1.92 bits per heavy atom. The van der Waals surface area contributed by atoms with Crippen molar-refractivity contribution in [1.82, 2.24) is 5.32 Å². The van der Waals surface area contributed by atoms with Gasteiger partial charge < -0.3 is 16.4 Å². The van der Waals surface area contributed by atoms with Crippen LogP contribution in [-0.4, -0.2) is 23.8 Å². The molecule has 6 nitrogen and oxygen atoms in total. The largest absolute Gasteiger partial charge is 0.366 e. The number of hydrogen-bond acceptors (Lipinski definition) is 3. The summed E-state index contributed by atoms with van der Waals surface area (Å²) in [5.41, 5.74) is 7.63. The zero-order chi connectivity index (χ0) is 19.3. The van der Waals surface area contributed by atoms with Crippen molar-refractivity contribution >= 4 is 23.4 Å². The molecule has 2 rings (SSSR count). The van der Waals surface area contributed by atoms with E-state index in [9.17, 15) is 14.4 Å². The number of hydrogen-bond donors (Lipinski definition) is 3. The second-order valence-electron chi connectivity index (χ2n) is 6.49. The van der Waals surface area contributed by atoms with Crippen LogP contribution in [0.2, 0.25) is 0 Å². The quantitative estimate of drug-likeness (QED) is 0.743. The standard InChI is InChI=1S/C20H23N3O3/c1-12(2)17(23-19(25)15-6-4-13(3)5-7-15)20(26)22-16-10-8-14(9-11-16)18(21)24/h4-12,17H,1-3H3,(H2,21,24)(H,22,26)(H,23,25). The van der Waals surface area contributed by atoms with E-state index in [0.717, 1.165) is 5.56 Å². The molecule has 2 aromatic carbocycles. The van der Waals surface area contributed by atoms with Gasteiger partial charge in [-0.1, -0.05) is 31.5 Å². The van der Waals surface area contributed by atoms with Crippen molar-refractivity contribution < 1.29 is 14.4 Å². The van der Waals surface area contributed by atoms with Gasteiger partial charge in [-0.05, 0) is 49.2 Å². The molecule has 2 aromatic rings. The van der Waals surface area contributed by atoms with Gasteiger partial charge in [-0.25, -0.2) is 0 Å². The fraction of sp³-hybridized carbons (Fsp3) is 0.250. The van der Waals surface area contributed by atoms with E-state index in [0.29, 0.717) is 16.8 Å². The fourth-order valence-corrected chi connectivity index (χ4v) is 2.40. The van der Waals surface area contributed by atoms with E-state index in [1.54, 1.807) is 24.3 Å². The zero-order valence-electron chi connectivity index (χ0n) is 15.1. The second-order valence-corrected chi connectivity index (χ2v) is 6.49. The summed E-state index contributed by atoms with van der Waals surface area (Å²) < 4.78 is 0. The van der Waals surface area contributed by atoms with Gasteiger partial charge in [0.1, 0.15) is 6.04 Å². The maximum atomic E-state index is 12.6. The first kappa shape index (κ1) is 19.2. The zero-order valence-corrected chi connectivity index (χ0v) is 15.1. The summed E-state index contributed by atoms with van der Waals surface area (Å²) in [6, 6.07) is 12.7. The molecule has 0 aliphatic rings. The molecule has 0 bridgehead atoms. The van der Waals surface area contributed by atoms with Gasteiger partial charge in [0.05, 0.1) is 0 Å². The minimum absolute atomic E-state index is 0.103. The van der Waals surface area contributed by atoms with Gasteiger partial charge in [0.2, 0.25) is 11.8 Å². The molecule has 0 fully saturated rings. The number of nitrogens with one attached hydrogen (secondary N) is 2. The summed E-state index contributed by atoms with van der Waals surface area (Å²) in [6.45, 7) is 5.65. The van der Waals surface area contributed by atoms with Crippen LogP contribution >= 0.6 is 0 Å². The second kappa shape index (κ2) is 8.29. The van der Waals surface area contributed by atoms with Crippen LogP contribution in [0.3, 0.4) is 0 Å². The number of primary amides is 1. The third-order valence-corrected chi connectivity index (χ3v) is 3.99.